The molecule has 0 aliphatic carbocycles. The summed E-state index contributed by atoms with van der Waals surface area (Å²) in [4.78, 5) is 36.2. The summed E-state index contributed by atoms with van der Waals surface area (Å²) in [5.74, 6) is -5.03. The summed E-state index contributed by atoms with van der Waals surface area (Å²) in [5, 5.41) is 68.5. The summed E-state index contributed by atoms with van der Waals surface area (Å²) in [7, 11) is 1.10. The van der Waals surface area contributed by atoms with Crippen LogP contribution in [0.2, 0.25) is 0 Å². The van der Waals surface area contributed by atoms with Gasteiger partial charge in [-0.25, -0.2) is 9.59 Å². The van der Waals surface area contributed by atoms with Crippen molar-refractivity contribution in [3.05, 3.63) is 53.3 Å². The first-order chi connectivity index (χ1) is 19.5. The Morgan fingerprint density at radius 1 is 1.05 bits per heavy atom. The Bertz CT molecular complexity index is 1200. The van der Waals surface area contributed by atoms with E-state index in [1.54, 1.807) is 0 Å². The molecule has 0 aromatic heterocycles. The van der Waals surface area contributed by atoms with Gasteiger partial charge in [-0.3, -0.25) is 4.79 Å². The molecule has 0 bridgehead atoms. The van der Waals surface area contributed by atoms with Gasteiger partial charge in [-0.15, -0.1) is 0 Å². The molecule has 3 rings (SSSR count). The van der Waals surface area contributed by atoms with Gasteiger partial charge in [0, 0.05) is 17.6 Å². The summed E-state index contributed by atoms with van der Waals surface area (Å²) in [6.07, 6.45) is -5.91. The Morgan fingerprint density at radius 3 is 2.41 bits per heavy atom. The van der Waals surface area contributed by atoms with Crippen LogP contribution in [0.15, 0.2) is 47.8 Å². The molecular formula is C26H30O15. The number of methoxy groups -OCH3 is 1. The summed E-state index contributed by atoms with van der Waals surface area (Å²) in [6, 6.07) is 3.86. The Kier molecular flexibility index (Phi) is 10.8. The van der Waals surface area contributed by atoms with Gasteiger partial charge in [-0.2, -0.15) is 0 Å². The van der Waals surface area contributed by atoms with E-state index in [-0.39, 0.29) is 16.9 Å². The molecule has 2 heterocycles. The van der Waals surface area contributed by atoms with E-state index in [1.807, 2.05) is 0 Å². The van der Waals surface area contributed by atoms with Gasteiger partial charge < -0.3 is 59.4 Å². The number of aliphatic hydroxyl groups is 4. The van der Waals surface area contributed by atoms with Crippen LogP contribution in [0.1, 0.15) is 12.0 Å². The Morgan fingerprint density at radius 2 is 1.78 bits per heavy atom. The van der Waals surface area contributed by atoms with E-state index in [2.05, 4.69) is 4.74 Å². The molecule has 7 N–H and O–H groups in total. The number of aromatic hydroxyl groups is 2. The van der Waals surface area contributed by atoms with Crippen LogP contribution >= 0.6 is 0 Å². The third-order valence-electron chi connectivity index (χ3n) is 6.28. The average molecular weight is 583 g/mol. The molecule has 0 amide bonds. The van der Waals surface area contributed by atoms with E-state index in [0.29, 0.717) is 5.56 Å². The number of aliphatic hydroxyl groups excluding tert-OH is 4. The van der Waals surface area contributed by atoms with Crippen molar-refractivity contribution >= 4 is 24.0 Å². The van der Waals surface area contributed by atoms with Gasteiger partial charge in [-0.05, 0) is 29.8 Å². The summed E-state index contributed by atoms with van der Waals surface area (Å²) < 4.78 is 26.2. The summed E-state index contributed by atoms with van der Waals surface area (Å²) >= 11 is 0. The standard InChI is InChI=1S/C26H30O15/c1-37-20(31)9-14-13(6-7-38-19(30)5-3-12-2-4-16(28)17(29)8-12)25(39-11-15(14)24(35)36)41-26-23(34)22(33)21(32)18(10-27)40-26/h2-6,8,11,14,18,21-23,25-29,32-34H,7,9-10H2,1H3,(H,35,36). The largest absolute Gasteiger partial charge is 0.504 e. The number of phenols is 2. The van der Waals surface area contributed by atoms with Gasteiger partial charge in [0.05, 0.1) is 32.0 Å². The van der Waals surface area contributed by atoms with Crippen molar-refractivity contribution in [2.24, 2.45) is 5.92 Å². The highest BCUT2D eigenvalue weighted by atomic mass is 16.8. The number of carboxylic acid groups (broad SMARTS) is 1. The lowest BCUT2D eigenvalue weighted by molar-refractivity contribution is -0.327. The molecule has 224 valence electrons. The number of carbonyl (C=O) groups excluding carboxylic acids is 2. The molecule has 0 radical (unpaired) electrons. The zero-order valence-corrected chi connectivity index (χ0v) is 21.6. The van der Waals surface area contributed by atoms with E-state index in [0.717, 1.165) is 19.4 Å². The molecule has 1 fully saturated rings. The van der Waals surface area contributed by atoms with Crippen molar-refractivity contribution in [1.82, 2.24) is 0 Å². The Hall–Kier alpha value is -3.99. The van der Waals surface area contributed by atoms with Gasteiger partial charge in [0.1, 0.15) is 31.0 Å². The molecule has 7 atom stereocenters. The molecule has 41 heavy (non-hydrogen) atoms. The molecule has 2 aliphatic rings. The predicted molar refractivity (Wildman–Crippen MR) is 133 cm³/mol. The van der Waals surface area contributed by atoms with Crippen molar-refractivity contribution in [3.8, 4) is 11.5 Å². The van der Waals surface area contributed by atoms with Crippen LogP contribution in [-0.2, 0) is 38.1 Å². The number of benzene rings is 1. The maximum Gasteiger partial charge on any atom is 0.335 e. The van der Waals surface area contributed by atoms with Crippen molar-refractivity contribution in [2.75, 3.05) is 20.3 Å². The van der Waals surface area contributed by atoms with Gasteiger partial charge in [0.2, 0.25) is 6.29 Å². The Balaban J connectivity index is 1.84. The topological polar surface area (TPSA) is 239 Å². The van der Waals surface area contributed by atoms with Crippen LogP contribution in [0, 0.1) is 5.92 Å². The molecule has 1 saturated heterocycles. The van der Waals surface area contributed by atoms with Crippen molar-refractivity contribution in [1.29, 1.82) is 0 Å². The highest BCUT2D eigenvalue weighted by Crippen LogP contribution is 2.36. The number of hydrogen-bond acceptors (Lipinski definition) is 14. The second-order valence-electron chi connectivity index (χ2n) is 8.93. The number of aliphatic carboxylic acids is 1. The molecule has 0 saturated carbocycles. The van der Waals surface area contributed by atoms with E-state index in [9.17, 15) is 50.1 Å². The minimum absolute atomic E-state index is 0.0347. The molecular weight excluding hydrogens is 552 g/mol. The smallest absolute Gasteiger partial charge is 0.335 e. The third-order valence-corrected chi connectivity index (χ3v) is 6.28. The minimum atomic E-state index is -1.82. The molecule has 0 spiro atoms. The third kappa shape index (κ3) is 7.81. The van der Waals surface area contributed by atoms with Crippen molar-refractivity contribution in [2.45, 2.75) is 43.4 Å². The predicted octanol–water partition coefficient (Wildman–Crippen LogP) is -1.10. The first-order valence-corrected chi connectivity index (χ1v) is 12.1. The number of carboxylic acids is 1. The minimum Gasteiger partial charge on any atom is -0.504 e. The van der Waals surface area contributed by atoms with E-state index >= 15 is 0 Å². The van der Waals surface area contributed by atoms with E-state index < -0.39 is 86.2 Å². The molecule has 15 nitrogen and oxygen atoms in total. The highest BCUT2D eigenvalue weighted by molar-refractivity contribution is 5.89. The fraction of sp³-hybridized carbons (Fsp3) is 0.423. The first kappa shape index (κ1) is 31.5. The highest BCUT2D eigenvalue weighted by Gasteiger charge is 2.46. The zero-order chi connectivity index (χ0) is 30.3. The van der Waals surface area contributed by atoms with Crippen LogP contribution in [0.25, 0.3) is 6.08 Å². The average Bonchev–Trinajstić information content (AvgIpc) is 2.94. The van der Waals surface area contributed by atoms with Gasteiger partial charge >= 0.3 is 17.9 Å². The van der Waals surface area contributed by atoms with E-state index in [4.69, 9.17) is 18.9 Å². The van der Waals surface area contributed by atoms with Gasteiger partial charge in [0.15, 0.2) is 17.8 Å². The maximum atomic E-state index is 12.2. The normalized spacial score (nSPS) is 29.0. The zero-order valence-electron chi connectivity index (χ0n) is 21.6. The molecule has 2 aliphatic heterocycles. The van der Waals surface area contributed by atoms with E-state index in [1.165, 1.54) is 30.4 Å². The van der Waals surface area contributed by atoms with Crippen LogP contribution in [0.3, 0.4) is 0 Å². The van der Waals surface area contributed by atoms with Crippen LogP contribution in [-0.4, -0.2) is 111 Å². The van der Waals surface area contributed by atoms with Crippen molar-refractivity contribution in [3.63, 3.8) is 0 Å². The molecule has 1 aromatic carbocycles. The fourth-order valence-corrected chi connectivity index (χ4v) is 4.04. The fourth-order valence-electron chi connectivity index (χ4n) is 4.04. The molecule has 15 heteroatoms. The van der Waals surface area contributed by atoms with Crippen LogP contribution < -0.4 is 0 Å². The van der Waals surface area contributed by atoms with Gasteiger partial charge in [-0.1, -0.05) is 6.07 Å². The number of carbonyl (C=O) groups is 3. The second kappa shape index (κ2) is 14.1. The van der Waals surface area contributed by atoms with Crippen LogP contribution in [0.4, 0.5) is 0 Å². The number of esters is 2. The number of hydrogen-bond donors (Lipinski definition) is 7. The van der Waals surface area contributed by atoms with Gasteiger partial charge in [0.25, 0.3) is 0 Å². The lowest BCUT2D eigenvalue weighted by Gasteiger charge is -2.41. The Labute approximate surface area is 232 Å². The SMILES string of the molecule is COC(=O)CC1C(C(=O)O)=COC(OC2OC(CO)C(O)C(O)C2O)C1=CCOC(=O)C=Cc1ccc(O)c(O)c1. The second-order valence-corrected chi connectivity index (χ2v) is 8.93. The first-order valence-electron chi connectivity index (χ1n) is 12.1. The lowest BCUT2D eigenvalue weighted by Crippen LogP contribution is -2.60. The molecule has 1 aromatic rings. The number of phenolic OH excluding ortho intramolecular Hbond substituents is 2. The number of rotatable bonds is 10. The number of ether oxygens (including phenoxy) is 5. The molecule has 7 unspecified atom stereocenters. The quantitative estimate of drug-likeness (QED) is 0.0750. The summed E-state index contributed by atoms with van der Waals surface area (Å²) in [6.45, 7) is -1.21. The lowest BCUT2D eigenvalue weighted by atomic mass is 9.86. The summed E-state index contributed by atoms with van der Waals surface area (Å²) in [5.41, 5.74) is -0.0279. The monoisotopic (exact) mass is 582 g/mol. The van der Waals surface area contributed by atoms with Crippen LogP contribution in [0.5, 0.6) is 11.5 Å². The van der Waals surface area contributed by atoms with Crippen molar-refractivity contribution < 1.29 is 73.8 Å². The maximum absolute atomic E-state index is 12.2.